The highest BCUT2D eigenvalue weighted by atomic mass is 31.2. The highest BCUT2D eigenvalue weighted by Crippen LogP contribution is 2.62. The molecule has 0 aromatic rings. The average Bonchev–Trinajstić information content (AvgIpc) is 3.40. The second kappa shape index (κ2) is 14.2. The van der Waals surface area contributed by atoms with Gasteiger partial charge in [-0.3, -0.25) is 14.2 Å². The van der Waals surface area contributed by atoms with Gasteiger partial charge in [-0.05, 0) is 58.8 Å². The van der Waals surface area contributed by atoms with Crippen LogP contribution in [0.5, 0.6) is 0 Å². The molecule has 2 amide bonds. The number of aliphatic hydroxyl groups excluding tert-OH is 1. The zero-order valence-electron chi connectivity index (χ0n) is 22.7. The molecule has 2 N–H and O–H groups in total. The highest BCUT2D eigenvalue weighted by molar-refractivity contribution is 7.54. The van der Waals surface area contributed by atoms with Crippen LogP contribution in [0, 0.1) is 0 Å². The van der Waals surface area contributed by atoms with Gasteiger partial charge in [-0.25, -0.2) is 0 Å². The van der Waals surface area contributed by atoms with Crippen LogP contribution in [-0.4, -0.2) is 102 Å². The number of rotatable bonds is 15. The SMILES string of the molecule is CCC(C)(C1C[C@@H](O)CN1C(=O)CCCCOC)P(=O)(O)O[C@@H]1CC(C)N(C(=O)CCCCOC)C1. The highest BCUT2D eigenvalue weighted by Gasteiger charge is 2.56. The van der Waals surface area contributed by atoms with Gasteiger partial charge in [-0.2, -0.15) is 0 Å². The van der Waals surface area contributed by atoms with Gasteiger partial charge in [0.15, 0.2) is 0 Å². The minimum absolute atomic E-state index is 0.0138. The molecule has 2 aliphatic rings. The second-order valence-electron chi connectivity index (χ2n) is 10.4. The van der Waals surface area contributed by atoms with E-state index in [0.29, 0.717) is 45.3 Å². The maximum Gasteiger partial charge on any atom is 0.336 e. The second-order valence-corrected chi connectivity index (χ2v) is 12.7. The third kappa shape index (κ3) is 7.74. The van der Waals surface area contributed by atoms with Crippen LogP contribution in [-0.2, 0) is 28.2 Å². The molecule has 0 saturated carbocycles. The Bertz CT molecular complexity index is 768. The smallest absolute Gasteiger partial charge is 0.336 e. The van der Waals surface area contributed by atoms with Crippen LogP contribution in [0.2, 0.25) is 0 Å². The first kappa shape index (κ1) is 31.2. The maximum absolute atomic E-state index is 13.8. The van der Waals surface area contributed by atoms with Crippen LogP contribution < -0.4 is 0 Å². The molecule has 0 bridgehead atoms. The summed E-state index contributed by atoms with van der Waals surface area (Å²) < 4.78 is 29.8. The summed E-state index contributed by atoms with van der Waals surface area (Å²) in [6, 6.07) is -0.697. The number of carbonyl (C=O) groups excluding carboxylic acids is 2. The van der Waals surface area contributed by atoms with Crippen molar-refractivity contribution >= 4 is 19.4 Å². The van der Waals surface area contributed by atoms with Gasteiger partial charge in [0.1, 0.15) is 0 Å². The Morgan fingerprint density at radius 1 is 0.972 bits per heavy atom. The molecule has 0 aromatic heterocycles. The summed E-state index contributed by atoms with van der Waals surface area (Å²) in [6.45, 7) is 7.01. The number of nitrogens with zero attached hydrogens (tertiary/aromatic N) is 2. The zero-order chi connectivity index (χ0) is 26.9. The Labute approximate surface area is 216 Å². The molecule has 2 fully saturated rings. The quantitative estimate of drug-likeness (QED) is 0.243. The largest absolute Gasteiger partial charge is 0.391 e. The van der Waals surface area contributed by atoms with E-state index in [9.17, 15) is 24.2 Å². The lowest BCUT2D eigenvalue weighted by molar-refractivity contribution is -0.133. The topological polar surface area (TPSA) is 126 Å². The van der Waals surface area contributed by atoms with Crippen molar-refractivity contribution in [2.45, 2.75) is 108 Å². The number of amides is 2. The minimum Gasteiger partial charge on any atom is -0.391 e. The number of β-amino-alcohol motifs (C(OH)–C–C–N with tert-alkyl or cyclic N) is 1. The van der Waals surface area contributed by atoms with E-state index in [0.717, 1.165) is 19.3 Å². The molecule has 210 valence electrons. The van der Waals surface area contributed by atoms with Crippen molar-refractivity contribution in [3.8, 4) is 0 Å². The van der Waals surface area contributed by atoms with Gasteiger partial charge < -0.3 is 33.8 Å². The number of carbonyl (C=O) groups is 2. The van der Waals surface area contributed by atoms with Gasteiger partial charge in [0.05, 0.1) is 23.4 Å². The van der Waals surface area contributed by atoms with Gasteiger partial charge >= 0.3 is 7.60 Å². The Morgan fingerprint density at radius 3 is 2.06 bits per heavy atom. The number of methoxy groups -OCH3 is 2. The number of hydrogen-bond acceptors (Lipinski definition) is 7. The van der Waals surface area contributed by atoms with Gasteiger partial charge in [0, 0.05) is 59.4 Å². The molecule has 0 spiro atoms. The molecule has 36 heavy (non-hydrogen) atoms. The summed E-state index contributed by atoms with van der Waals surface area (Å²) in [4.78, 5) is 40.3. The predicted molar refractivity (Wildman–Crippen MR) is 137 cm³/mol. The number of hydrogen-bond donors (Lipinski definition) is 2. The third-order valence-electron chi connectivity index (χ3n) is 7.81. The molecule has 2 saturated heterocycles. The van der Waals surface area contributed by atoms with E-state index in [1.54, 1.807) is 30.9 Å². The first-order chi connectivity index (χ1) is 17.0. The fourth-order valence-corrected chi connectivity index (χ4v) is 7.18. The van der Waals surface area contributed by atoms with Crippen molar-refractivity contribution in [1.29, 1.82) is 0 Å². The third-order valence-corrected chi connectivity index (χ3v) is 10.3. The molecular weight excluding hydrogens is 487 g/mol. The van der Waals surface area contributed by atoms with Crippen molar-refractivity contribution in [2.24, 2.45) is 0 Å². The van der Waals surface area contributed by atoms with Crippen LogP contribution in [0.4, 0.5) is 0 Å². The number of aliphatic hydroxyl groups is 1. The Hall–Kier alpha value is -1.03. The first-order valence-corrected chi connectivity index (χ1v) is 14.8. The summed E-state index contributed by atoms with van der Waals surface area (Å²) in [5.41, 5.74) is 0. The van der Waals surface area contributed by atoms with E-state index < -0.39 is 31.0 Å². The molecular formula is C25H47N2O8P. The van der Waals surface area contributed by atoms with E-state index in [-0.39, 0.29) is 37.4 Å². The van der Waals surface area contributed by atoms with Crippen molar-refractivity contribution in [1.82, 2.24) is 9.80 Å². The molecule has 6 atom stereocenters. The van der Waals surface area contributed by atoms with E-state index in [4.69, 9.17) is 14.0 Å². The van der Waals surface area contributed by atoms with E-state index in [2.05, 4.69) is 0 Å². The van der Waals surface area contributed by atoms with Gasteiger partial charge in [0.25, 0.3) is 0 Å². The van der Waals surface area contributed by atoms with E-state index in [1.807, 2.05) is 13.8 Å². The van der Waals surface area contributed by atoms with Gasteiger partial charge in [-0.1, -0.05) is 6.92 Å². The first-order valence-electron chi connectivity index (χ1n) is 13.3. The summed E-state index contributed by atoms with van der Waals surface area (Å²) in [5, 5.41) is 9.15. The van der Waals surface area contributed by atoms with Crippen molar-refractivity contribution < 1.29 is 38.2 Å². The lowest BCUT2D eigenvalue weighted by Crippen LogP contribution is -2.50. The van der Waals surface area contributed by atoms with E-state index in [1.165, 1.54) is 0 Å². The lowest BCUT2D eigenvalue weighted by atomic mass is 9.95. The number of unbranched alkanes of at least 4 members (excludes halogenated alkanes) is 2. The van der Waals surface area contributed by atoms with Crippen LogP contribution in [0.1, 0.15) is 78.6 Å². The Balaban J connectivity index is 2.07. The molecule has 4 unspecified atom stereocenters. The molecule has 0 aliphatic carbocycles. The standard InChI is InChI=1S/C25H47N2O8P/c1-6-25(3,22-16-20(28)17-27(22)24(30)12-8-10-14-34-5)36(31,32)35-21-15-19(2)26(18-21)23(29)11-7-9-13-33-4/h19-22,28H,6-18H2,1-5H3,(H,31,32)/t19?,20-,21-,22?,25?/m1/s1. The molecule has 11 heteroatoms. The van der Waals surface area contributed by atoms with Crippen LogP contribution in [0.3, 0.4) is 0 Å². The van der Waals surface area contributed by atoms with Gasteiger partial charge in [0.2, 0.25) is 11.8 Å². The summed E-state index contributed by atoms with van der Waals surface area (Å²) in [7, 11) is -0.999. The average molecular weight is 535 g/mol. The number of ether oxygens (including phenoxy) is 2. The zero-order valence-corrected chi connectivity index (χ0v) is 23.6. The van der Waals surface area contributed by atoms with Gasteiger partial charge in [-0.15, -0.1) is 0 Å². The van der Waals surface area contributed by atoms with Crippen molar-refractivity contribution in [3.05, 3.63) is 0 Å². The molecule has 10 nitrogen and oxygen atoms in total. The molecule has 0 radical (unpaired) electrons. The molecule has 2 heterocycles. The Morgan fingerprint density at radius 2 is 1.53 bits per heavy atom. The molecule has 2 rings (SSSR count). The summed E-state index contributed by atoms with van der Waals surface area (Å²) in [5.74, 6) is -0.119. The minimum atomic E-state index is -4.25. The molecule has 0 aromatic carbocycles. The lowest BCUT2D eigenvalue weighted by Gasteiger charge is -2.42. The van der Waals surface area contributed by atoms with E-state index >= 15 is 0 Å². The summed E-state index contributed by atoms with van der Waals surface area (Å²) in [6.07, 6.45) is 3.34. The predicted octanol–water partition coefficient (Wildman–Crippen LogP) is 2.94. The Kier molecular flexibility index (Phi) is 12.3. The number of likely N-dealkylation sites (tertiary alicyclic amines) is 2. The fourth-order valence-electron chi connectivity index (χ4n) is 5.36. The summed E-state index contributed by atoms with van der Waals surface area (Å²) >= 11 is 0. The monoisotopic (exact) mass is 534 g/mol. The normalized spacial score (nSPS) is 27.8. The molecule has 2 aliphatic heterocycles. The van der Waals surface area contributed by atoms with Crippen LogP contribution in [0.25, 0.3) is 0 Å². The van der Waals surface area contributed by atoms with Crippen LogP contribution in [0.15, 0.2) is 0 Å². The van der Waals surface area contributed by atoms with Crippen molar-refractivity contribution in [3.63, 3.8) is 0 Å². The van der Waals surface area contributed by atoms with Crippen molar-refractivity contribution in [2.75, 3.05) is 40.5 Å². The van der Waals surface area contributed by atoms with Crippen LogP contribution >= 0.6 is 7.60 Å². The maximum atomic E-state index is 13.8. The fraction of sp³-hybridized carbons (Fsp3) is 0.920.